The molecule has 2 aromatic carbocycles. The molecule has 0 fully saturated rings. The van der Waals surface area contributed by atoms with Crippen LogP contribution in [0.3, 0.4) is 0 Å². The summed E-state index contributed by atoms with van der Waals surface area (Å²) in [7, 11) is 1.61. The molecule has 0 heterocycles. The number of aliphatic hydroxyl groups excluding tert-OH is 1. The molecule has 4 nitrogen and oxygen atoms in total. The maximum atomic E-state index is 12.0. The molecule has 0 saturated heterocycles. The molecule has 1 amide bonds. The van der Waals surface area contributed by atoms with Crippen molar-refractivity contribution in [2.45, 2.75) is 11.8 Å². The molecular formula is C16H17AsNO3. The molecule has 2 N–H and O–H groups in total. The van der Waals surface area contributed by atoms with Crippen LogP contribution < -0.4 is 14.4 Å². The van der Waals surface area contributed by atoms with E-state index < -0.39 is 0 Å². The third-order valence-electron chi connectivity index (χ3n) is 2.93. The number of hydrogen-bond donors (Lipinski definition) is 2. The number of anilines is 1. The van der Waals surface area contributed by atoms with Gasteiger partial charge in [-0.15, -0.1) is 0 Å². The Morgan fingerprint density at radius 1 is 1.19 bits per heavy atom. The van der Waals surface area contributed by atoms with E-state index in [0.717, 1.165) is 21.4 Å². The van der Waals surface area contributed by atoms with Gasteiger partial charge in [0.2, 0.25) is 0 Å². The van der Waals surface area contributed by atoms with Crippen molar-refractivity contribution in [1.82, 2.24) is 0 Å². The molecule has 2 aromatic rings. The van der Waals surface area contributed by atoms with Crippen LogP contribution in [0.5, 0.6) is 5.75 Å². The number of amides is 1. The van der Waals surface area contributed by atoms with Gasteiger partial charge in [0.05, 0.1) is 0 Å². The van der Waals surface area contributed by atoms with Crippen LogP contribution in [-0.2, 0) is 11.4 Å². The van der Waals surface area contributed by atoms with Gasteiger partial charge in [-0.25, -0.2) is 0 Å². The summed E-state index contributed by atoms with van der Waals surface area (Å²) in [6.07, 6.45) is 0. The van der Waals surface area contributed by atoms with Gasteiger partial charge >= 0.3 is 130 Å². The monoisotopic (exact) mass is 346 g/mol. The molecule has 0 bridgehead atoms. The first-order valence-corrected chi connectivity index (χ1v) is 8.79. The van der Waals surface area contributed by atoms with Crippen molar-refractivity contribution in [2.75, 3.05) is 12.4 Å². The van der Waals surface area contributed by atoms with Gasteiger partial charge in [0.15, 0.2) is 0 Å². The van der Waals surface area contributed by atoms with E-state index >= 15 is 0 Å². The van der Waals surface area contributed by atoms with Crippen LogP contribution in [0, 0.1) is 0 Å². The quantitative estimate of drug-likeness (QED) is 0.781. The third-order valence-corrected chi connectivity index (χ3v) is 5.49. The minimum atomic E-state index is -0.290. The molecule has 0 aliphatic heterocycles. The fraction of sp³-hybridized carbons (Fsp3) is 0.188. The summed E-state index contributed by atoms with van der Waals surface area (Å²) in [5.74, 6) is 0.754. The Kier molecular flexibility index (Phi) is 5.85. The van der Waals surface area contributed by atoms with Crippen LogP contribution in [0.15, 0.2) is 48.5 Å². The molecule has 2 rings (SSSR count). The second-order valence-electron chi connectivity index (χ2n) is 4.38. The molecule has 0 aromatic heterocycles. The van der Waals surface area contributed by atoms with E-state index in [4.69, 9.17) is 4.74 Å². The van der Waals surface area contributed by atoms with Crippen molar-refractivity contribution in [3.05, 3.63) is 54.1 Å². The molecule has 0 spiro atoms. The summed E-state index contributed by atoms with van der Waals surface area (Å²) in [6.45, 7) is 0.0197. The van der Waals surface area contributed by atoms with Gasteiger partial charge in [-0.05, 0) is 0 Å². The zero-order chi connectivity index (χ0) is 15.1. The molecule has 0 aliphatic rings. The summed E-state index contributed by atoms with van der Waals surface area (Å²) < 4.78 is 6.17. The van der Waals surface area contributed by atoms with E-state index in [-0.39, 0.29) is 28.3 Å². The summed E-state index contributed by atoms with van der Waals surface area (Å²) in [6, 6.07) is 15.0. The zero-order valence-electron chi connectivity index (χ0n) is 11.7. The Balaban J connectivity index is 1.89. The number of benzene rings is 2. The molecule has 5 heteroatoms. The standard InChI is InChI=1S/C16H17AsNO3/c1-21-14-8-6-13(7-9-14)18-16(20)10-17-15-5-3-2-4-12(15)11-19/h2-9,19H,10-11H2,1H3,(H,18,20). The van der Waals surface area contributed by atoms with Crippen LogP contribution in [0.4, 0.5) is 5.69 Å². The van der Waals surface area contributed by atoms with Crippen LogP contribution >= 0.6 is 0 Å². The number of carbonyl (C=O) groups excluding carboxylic acids is 1. The van der Waals surface area contributed by atoms with Gasteiger partial charge in [0.1, 0.15) is 0 Å². The van der Waals surface area contributed by atoms with Gasteiger partial charge in [-0.1, -0.05) is 0 Å². The summed E-state index contributed by atoms with van der Waals surface area (Å²) in [5, 5.41) is 12.6. The molecular weight excluding hydrogens is 329 g/mol. The number of nitrogens with one attached hydrogen (secondary N) is 1. The Hall–Kier alpha value is -1.77. The van der Waals surface area contributed by atoms with Crippen molar-refractivity contribution < 1.29 is 14.6 Å². The van der Waals surface area contributed by atoms with E-state index in [1.807, 2.05) is 48.5 Å². The van der Waals surface area contributed by atoms with E-state index in [1.165, 1.54) is 0 Å². The van der Waals surface area contributed by atoms with Crippen molar-refractivity contribution in [2.24, 2.45) is 0 Å². The molecule has 1 radical (unpaired) electrons. The number of aliphatic hydroxyl groups is 1. The fourth-order valence-corrected chi connectivity index (χ4v) is 3.79. The number of carbonyl (C=O) groups is 1. The SMILES string of the molecule is COc1ccc(NC(=O)C[As]c2ccccc2CO)cc1. The first-order chi connectivity index (χ1) is 10.2. The number of rotatable bonds is 6. The van der Waals surface area contributed by atoms with E-state index in [1.54, 1.807) is 7.11 Å². The second kappa shape index (κ2) is 7.86. The summed E-state index contributed by atoms with van der Waals surface area (Å²) in [4.78, 5) is 12.0. The zero-order valence-corrected chi connectivity index (χ0v) is 13.6. The van der Waals surface area contributed by atoms with Crippen molar-refractivity contribution in [3.63, 3.8) is 0 Å². The van der Waals surface area contributed by atoms with Crippen LogP contribution in [0.2, 0.25) is 5.21 Å². The number of methoxy groups -OCH3 is 1. The van der Waals surface area contributed by atoms with Gasteiger partial charge in [-0.2, -0.15) is 0 Å². The van der Waals surface area contributed by atoms with Gasteiger partial charge < -0.3 is 0 Å². The molecule has 0 saturated carbocycles. The van der Waals surface area contributed by atoms with Crippen LogP contribution in [0.1, 0.15) is 5.56 Å². The van der Waals surface area contributed by atoms with Crippen LogP contribution in [0.25, 0.3) is 0 Å². The molecule has 0 atom stereocenters. The molecule has 0 unspecified atom stereocenters. The van der Waals surface area contributed by atoms with Gasteiger partial charge in [0, 0.05) is 0 Å². The maximum absolute atomic E-state index is 12.0. The second-order valence-corrected chi connectivity index (χ2v) is 6.72. The Bertz CT molecular complexity index is 599. The van der Waals surface area contributed by atoms with Crippen molar-refractivity contribution in [3.8, 4) is 5.75 Å². The average Bonchev–Trinajstić information content (AvgIpc) is 2.54. The summed E-state index contributed by atoms with van der Waals surface area (Å²) >= 11 is -0.290. The predicted octanol–water partition coefficient (Wildman–Crippen LogP) is 1.57. The van der Waals surface area contributed by atoms with Gasteiger partial charge in [-0.3, -0.25) is 0 Å². The van der Waals surface area contributed by atoms with E-state index in [2.05, 4.69) is 5.32 Å². The first kappa shape index (κ1) is 15.6. The third kappa shape index (κ3) is 4.62. The normalized spacial score (nSPS) is 10.8. The van der Waals surface area contributed by atoms with Crippen molar-refractivity contribution in [1.29, 1.82) is 0 Å². The number of hydrogen-bond acceptors (Lipinski definition) is 3. The average molecular weight is 346 g/mol. The molecule has 21 heavy (non-hydrogen) atoms. The fourth-order valence-electron chi connectivity index (χ4n) is 1.83. The van der Waals surface area contributed by atoms with E-state index in [0.29, 0.717) is 5.21 Å². The minimum absolute atomic E-state index is 0.00657. The Morgan fingerprint density at radius 2 is 1.90 bits per heavy atom. The van der Waals surface area contributed by atoms with Crippen LogP contribution in [-0.4, -0.2) is 33.9 Å². The van der Waals surface area contributed by atoms with Gasteiger partial charge in [0.25, 0.3) is 0 Å². The Labute approximate surface area is 130 Å². The Morgan fingerprint density at radius 3 is 2.57 bits per heavy atom. The molecule has 109 valence electrons. The predicted molar refractivity (Wildman–Crippen MR) is 84.2 cm³/mol. The first-order valence-electron chi connectivity index (χ1n) is 6.53. The molecule has 0 aliphatic carbocycles. The van der Waals surface area contributed by atoms with Crippen molar-refractivity contribution >= 4 is 31.7 Å². The summed E-state index contributed by atoms with van der Waals surface area (Å²) in [5.41, 5.74) is 1.67. The van der Waals surface area contributed by atoms with E-state index in [9.17, 15) is 9.90 Å². The number of ether oxygens (including phenoxy) is 1. The topological polar surface area (TPSA) is 58.6 Å².